The molecule has 0 amide bonds. The van der Waals surface area contributed by atoms with Gasteiger partial charge in [0.15, 0.2) is 0 Å². The lowest BCUT2D eigenvalue weighted by molar-refractivity contribution is -0.429. The van der Waals surface area contributed by atoms with E-state index in [1.54, 1.807) is 0 Å². The van der Waals surface area contributed by atoms with Crippen LogP contribution in [0, 0.1) is 0 Å². The average molecular weight is 191 g/mol. The van der Waals surface area contributed by atoms with E-state index in [2.05, 4.69) is 10.9 Å². The van der Waals surface area contributed by atoms with Crippen LogP contribution in [-0.4, -0.2) is 5.16 Å². The van der Waals surface area contributed by atoms with Crippen LogP contribution in [0.15, 0.2) is 9.32 Å². The van der Waals surface area contributed by atoms with Gasteiger partial charge in [-0.25, -0.2) is 0 Å². The van der Waals surface area contributed by atoms with Gasteiger partial charge < -0.3 is 22.7 Å². The van der Waals surface area contributed by atoms with Crippen LogP contribution in [0.5, 0.6) is 0 Å². The molecule has 0 aromatic carbocycles. The minimum absolute atomic E-state index is 0. The van der Waals surface area contributed by atoms with Gasteiger partial charge in [-0.15, -0.1) is 0 Å². The number of aromatic amines is 1. The van der Waals surface area contributed by atoms with Crippen molar-refractivity contribution in [1.82, 2.24) is 5.16 Å². The molecule has 12 heavy (non-hydrogen) atoms. The standard InChI is InChI=1S/C7H10N2O2.ClH/c8-4-2-1-3-5-6(4)7(10)9-11-5;/h4H,1-3,8H2,(H,9,10);1H/t4-;/m1./s1. The maximum absolute atomic E-state index is 11.1. The highest BCUT2D eigenvalue weighted by molar-refractivity contribution is 5.18. The monoisotopic (exact) mass is 190 g/mol. The van der Waals surface area contributed by atoms with Gasteiger partial charge in [0, 0.05) is 12.8 Å². The molecular formula is C7H11ClN2O2. The van der Waals surface area contributed by atoms with Crippen LogP contribution < -0.4 is 23.7 Å². The molecule has 0 bridgehead atoms. The van der Waals surface area contributed by atoms with Gasteiger partial charge in [-0.3, -0.25) is 4.79 Å². The van der Waals surface area contributed by atoms with E-state index in [0.29, 0.717) is 0 Å². The summed E-state index contributed by atoms with van der Waals surface area (Å²) in [6, 6.07) is 0.126. The fourth-order valence-corrected chi connectivity index (χ4v) is 1.60. The summed E-state index contributed by atoms with van der Waals surface area (Å²) in [5, 5.41) is 2.34. The third-order valence-electron chi connectivity index (χ3n) is 2.18. The number of rotatable bonds is 0. The number of quaternary nitrogens is 1. The summed E-state index contributed by atoms with van der Waals surface area (Å²) in [5.41, 5.74) is 4.55. The van der Waals surface area contributed by atoms with Gasteiger partial charge in [0.2, 0.25) is 0 Å². The summed E-state index contributed by atoms with van der Waals surface area (Å²) in [6.45, 7) is 0. The van der Waals surface area contributed by atoms with Gasteiger partial charge in [-0.1, -0.05) is 0 Å². The SMILES string of the molecule is [Cl-].[NH3+][C@@H]1CCCc2o[nH]c(=O)c21. The number of hydrogen-bond acceptors (Lipinski definition) is 2. The van der Waals surface area contributed by atoms with E-state index in [1.807, 2.05) is 0 Å². The molecule has 0 radical (unpaired) electrons. The largest absolute Gasteiger partial charge is 1.00 e. The van der Waals surface area contributed by atoms with E-state index in [4.69, 9.17) is 4.52 Å². The van der Waals surface area contributed by atoms with E-state index >= 15 is 0 Å². The Morgan fingerprint density at radius 1 is 1.58 bits per heavy atom. The van der Waals surface area contributed by atoms with Crippen molar-refractivity contribution in [3.05, 3.63) is 21.7 Å². The van der Waals surface area contributed by atoms with Crippen molar-refractivity contribution in [1.29, 1.82) is 0 Å². The molecule has 1 aliphatic carbocycles. The molecule has 1 atom stereocenters. The van der Waals surface area contributed by atoms with Gasteiger partial charge in [0.05, 0.1) is 0 Å². The third-order valence-corrected chi connectivity index (χ3v) is 2.18. The normalized spacial score (nSPS) is 21.2. The Morgan fingerprint density at radius 3 is 3.00 bits per heavy atom. The zero-order chi connectivity index (χ0) is 7.84. The number of nitrogens with one attached hydrogen (secondary N) is 1. The number of aryl methyl sites for hydroxylation is 1. The van der Waals surface area contributed by atoms with Crippen molar-refractivity contribution < 1.29 is 22.7 Å². The highest BCUT2D eigenvalue weighted by atomic mass is 35.5. The molecule has 0 saturated carbocycles. The van der Waals surface area contributed by atoms with Crippen LogP contribution in [0.2, 0.25) is 0 Å². The van der Waals surface area contributed by atoms with E-state index in [0.717, 1.165) is 30.6 Å². The Labute approximate surface area is 75.5 Å². The molecule has 4 nitrogen and oxygen atoms in total. The Bertz CT molecular complexity index is 317. The van der Waals surface area contributed by atoms with E-state index in [9.17, 15) is 4.79 Å². The first-order valence-corrected chi connectivity index (χ1v) is 3.82. The first-order chi connectivity index (χ1) is 5.29. The topological polar surface area (TPSA) is 73.6 Å². The minimum Gasteiger partial charge on any atom is -1.00 e. The number of fused-ring (bicyclic) bond motifs is 1. The lowest BCUT2D eigenvalue weighted by Crippen LogP contribution is -3.00. The first-order valence-electron chi connectivity index (χ1n) is 3.82. The van der Waals surface area contributed by atoms with Crippen LogP contribution in [0.3, 0.4) is 0 Å². The molecular weight excluding hydrogens is 180 g/mol. The predicted octanol–water partition coefficient (Wildman–Crippen LogP) is -3.41. The minimum atomic E-state index is -0.0975. The van der Waals surface area contributed by atoms with Gasteiger partial charge in [0.1, 0.15) is 17.4 Å². The summed E-state index contributed by atoms with van der Waals surface area (Å²) >= 11 is 0. The van der Waals surface area contributed by atoms with Gasteiger partial charge >= 0.3 is 0 Å². The quantitative estimate of drug-likeness (QED) is 0.448. The zero-order valence-corrected chi connectivity index (χ0v) is 7.36. The van der Waals surface area contributed by atoms with Crippen molar-refractivity contribution in [3.8, 4) is 0 Å². The fraction of sp³-hybridized carbons (Fsp3) is 0.571. The average Bonchev–Trinajstić information content (AvgIpc) is 2.34. The van der Waals surface area contributed by atoms with Gasteiger partial charge in [-0.2, -0.15) is 5.16 Å². The lowest BCUT2D eigenvalue weighted by Gasteiger charge is -2.11. The molecule has 1 aliphatic rings. The molecule has 2 rings (SSSR count). The maximum Gasteiger partial charge on any atom is 0.289 e. The van der Waals surface area contributed by atoms with E-state index in [1.165, 1.54) is 0 Å². The maximum atomic E-state index is 11.1. The van der Waals surface area contributed by atoms with Crippen molar-refractivity contribution in [2.45, 2.75) is 25.3 Å². The van der Waals surface area contributed by atoms with Crippen LogP contribution in [-0.2, 0) is 6.42 Å². The first kappa shape index (κ1) is 9.35. The lowest BCUT2D eigenvalue weighted by atomic mass is 9.94. The Hall–Kier alpha value is -0.740. The highest BCUT2D eigenvalue weighted by Gasteiger charge is 2.26. The van der Waals surface area contributed by atoms with Gasteiger partial charge in [-0.05, 0) is 6.42 Å². The molecule has 0 spiro atoms. The molecule has 0 fully saturated rings. The Kier molecular flexibility index (Phi) is 2.59. The second kappa shape index (κ2) is 3.33. The van der Waals surface area contributed by atoms with Crippen molar-refractivity contribution in [2.24, 2.45) is 0 Å². The Balaban J connectivity index is 0.000000720. The summed E-state index contributed by atoms with van der Waals surface area (Å²) in [7, 11) is 0. The van der Waals surface area contributed by atoms with Crippen LogP contribution in [0.4, 0.5) is 0 Å². The molecule has 4 N–H and O–H groups in total. The number of aromatic nitrogens is 1. The molecule has 1 aromatic heterocycles. The molecule has 5 heteroatoms. The molecule has 0 aliphatic heterocycles. The number of halogens is 1. The van der Waals surface area contributed by atoms with Crippen molar-refractivity contribution >= 4 is 0 Å². The number of H-pyrrole nitrogens is 1. The molecule has 0 unspecified atom stereocenters. The zero-order valence-electron chi connectivity index (χ0n) is 6.60. The van der Waals surface area contributed by atoms with E-state index < -0.39 is 0 Å². The summed E-state index contributed by atoms with van der Waals surface area (Å²) < 4.78 is 4.98. The smallest absolute Gasteiger partial charge is 0.289 e. The number of hydrogen-bond donors (Lipinski definition) is 2. The third kappa shape index (κ3) is 1.28. The summed E-state index contributed by atoms with van der Waals surface area (Å²) in [4.78, 5) is 11.1. The molecule has 1 aromatic rings. The van der Waals surface area contributed by atoms with E-state index in [-0.39, 0.29) is 24.0 Å². The summed E-state index contributed by atoms with van der Waals surface area (Å²) in [5.74, 6) is 0.807. The van der Waals surface area contributed by atoms with Crippen LogP contribution >= 0.6 is 0 Å². The van der Waals surface area contributed by atoms with Crippen LogP contribution in [0.25, 0.3) is 0 Å². The van der Waals surface area contributed by atoms with Crippen molar-refractivity contribution in [2.75, 3.05) is 0 Å². The summed E-state index contributed by atoms with van der Waals surface area (Å²) in [6.07, 6.45) is 2.94. The highest BCUT2D eigenvalue weighted by Crippen LogP contribution is 2.22. The van der Waals surface area contributed by atoms with Crippen molar-refractivity contribution in [3.63, 3.8) is 0 Å². The van der Waals surface area contributed by atoms with Crippen LogP contribution in [0.1, 0.15) is 30.2 Å². The van der Waals surface area contributed by atoms with Gasteiger partial charge in [0.25, 0.3) is 5.56 Å². The Morgan fingerprint density at radius 2 is 2.33 bits per heavy atom. The second-order valence-corrected chi connectivity index (χ2v) is 2.96. The predicted molar refractivity (Wildman–Crippen MR) is 37.9 cm³/mol. The fourth-order valence-electron chi connectivity index (χ4n) is 1.60. The molecule has 0 saturated heterocycles. The molecule has 68 valence electrons. The molecule has 1 heterocycles. The second-order valence-electron chi connectivity index (χ2n) is 2.96.